The molecule has 0 saturated carbocycles. The summed E-state index contributed by atoms with van der Waals surface area (Å²) in [6.45, 7) is 6.21. The maximum atomic E-state index is 12.8. The van der Waals surface area contributed by atoms with Crippen molar-refractivity contribution in [3.8, 4) is 0 Å². The van der Waals surface area contributed by atoms with E-state index < -0.39 is 0 Å². The smallest absolute Gasteiger partial charge is 0.271 e. The van der Waals surface area contributed by atoms with E-state index in [1.165, 1.54) is 0 Å². The number of rotatable bonds is 3. The van der Waals surface area contributed by atoms with E-state index in [0.29, 0.717) is 30.9 Å². The van der Waals surface area contributed by atoms with Crippen LogP contribution in [0.1, 0.15) is 36.2 Å². The number of morpholine rings is 1. The van der Waals surface area contributed by atoms with Crippen LogP contribution >= 0.6 is 0 Å². The first-order valence-electron chi connectivity index (χ1n) is 10.1. The Hall–Kier alpha value is -1.93. The number of likely N-dealkylation sites (tertiary alicyclic amines) is 2. The number of hydrogen-bond donors (Lipinski definition) is 1. The van der Waals surface area contributed by atoms with Gasteiger partial charge in [0.25, 0.3) is 5.91 Å². The molecular weight excluding hydrogens is 346 g/mol. The first-order chi connectivity index (χ1) is 13.2. The average molecular weight is 375 g/mol. The molecule has 2 amide bonds. The fourth-order valence-electron chi connectivity index (χ4n) is 4.56. The minimum Gasteiger partial charge on any atom is -0.378 e. The van der Waals surface area contributed by atoms with Crippen LogP contribution in [0, 0.1) is 5.92 Å². The van der Waals surface area contributed by atoms with Gasteiger partial charge >= 0.3 is 0 Å². The third-order valence-corrected chi connectivity index (χ3v) is 6.12. The number of ether oxygens (including phenoxy) is 1. The standard InChI is InChI=1S/C19H29N5O3/c25-18(23-10-12-27-13-11-23)15-2-1-7-24(14-15)16-4-8-22(9-5-16)19(26)17-3-6-20-21-17/h3,6,15-16H,1-2,4-5,7-14H2,(H,20,21). The Balaban J connectivity index is 1.29. The van der Waals surface area contributed by atoms with Crippen molar-refractivity contribution in [3.05, 3.63) is 18.0 Å². The van der Waals surface area contributed by atoms with Crippen LogP contribution in [0.5, 0.6) is 0 Å². The molecule has 4 heterocycles. The Morgan fingerprint density at radius 2 is 1.81 bits per heavy atom. The number of carbonyl (C=O) groups excluding carboxylic acids is 2. The second-order valence-electron chi connectivity index (χ2n) is 7.77. The van der Waals surface area contributed by atoms with Crippen molar-refractivity contribution in [3.63, 3.8) is 0 Å². The van der Waals surface area contributed by atoms with E-state index in [-0.39, 0.29) is 11.8 Å². The Labute approximate surface area is 159 Å². The number of piperidine rings is 2. The molecule has 8 heteroatoms. The van der Waals surface area contributed by atoms with Gasteiger partial charge in [-0.15, -0.1) is 0 Å². The highest BCUT2D eigenvalue weighted by Gasteiger charge is 2.34. The second-order valence-corrected chi connectivity index (χ2v) is 7.77. The van der Waals surface area contributed by atoms with Crippen molar-refractivity contribution in [1.29, 1.82) is 0 Å². The molecule has 0 radical (unpaired) electrons. The minimum atomic E-state index is 0.0324. The van der Waals surface area contributed by atoms with Gasteiger partial charge in [-0.3, -0.25) is 19.6 Å². The summed E-state index contributed by atoms with van der Waals surface area (Å²) < 4.78 is 5.37. The molecule has 148 valence electrons. The molecule has 3 saturated heterocycles. The highest BCUT2D eigenvalue weighted by Crippen LogP contribution is 2.25. The molecule has 4 rings (SSSR count). The van der Waals surface area contributed by atoms with E-state index in [4.69, 9.17) is 4.74 Å². The van der Waals surface area contributed by atoms with E-state index in [1.54, 1.807) is 12.3 Å². The normalized spacial score (nSPS) is 25.6. The lowest BCUT2D eigenvalue weighted by Crippen LogP contribution is -2.53. The summed E-state index contributed by atoms with van der Waals surface area (Å²) in [7, 11) is 0. The van der Waals surface area contributed by atoms with Gasteiger partial charge in [-0.05, 0) is 38.3 Å². The van der Waals surface area contributed by atoms with Crippen LogP contribution in [0.4, 0.5) is 0 Å². The Morgan fingerprint density at radius 1 is 1.04 bits per heavy atom. The third kappa shape index (κ3) is 4.16. The number of hydrogen-bond acceptors (Lipinski definition) is 5. The zero-order valence-corrected chi connectivity index (χ0v) is 15.8. The van der Waals surface area contributed by atoms with Crippen LogP contribution in [0.3, 0.4) is 0 Å². The van der Waals surface area contributed by atoms with E-state index in [1.807, 2.05) is 9.80 Å². The van der Waals surface area contributed by atoms with E-state index in [2.05, 4.69) is 15.1 Å². The fraction of sp³-hybridized carbons (Fsp3) is 0.737. The van der Waals surface area contributed by atoms with Crippen molar-refractivity contribution < 1.29 is 14.3 Å². The van der Waals surface area contributed by atoms with Crippen LogP contribution in [0.2, 0.25) is 0 Å². The van der Waals surface area contributed by atoms with Crippen molar-refractivity contribution in [2.24, 2.45) is 5.92 Å². The summed E-state index contributed by atoms with van der Waals surface area (Å²) in [6.07, 6.45) is 5.62. The molecule has 3 fully saturated rings. The van der Waals surface area contributed by atoms with Gasteiger partial charge in [-0.2, -0.15) is 5.10 Å². The van der Waals surface area contributed by atoms with Gasteiger partial charge in [-0.1, -0.05) is 0 Å². The highest BCUT2D eigenvalue weighted by atomic mass is 16.5. The van der Waals surface area contributed by atoms with E-state index >= 15 is 0 Å². The molecule has 3 aliphatic heterocycles. The van der Waals surface area contributed by atoms with Gasteiger partial charge in [0.15, 0.2) is 0 Å². The topological polar surface area (TPSA) is 81.8 Å². The molecule has 1 aromatic heterocycles. The van der Waals surface area contributed by atoms with Crippen molar-refractivity contribution in [1.82, 2.24) is 24.9 Å². The lowest BCUT2D eigenvalue weighted by molar-refractivity contribution is -0.141. The molecule has 1 aromatic rings. The third-order valence-electron chi connectivity index (χ3n) is 6.12. The molecule has 0 bridgehead atoms. The SMILES string of the molecule is O=C(c1ccn[nH]1)N1CCC(N2CCCC(C(=O)N3CCOCC3)C2)CC1. The molecule has 0 spiro atoms. The maximum Gasteiger partial charge on any atom is 0.271 e. The highest BCUT2D eigenvalue weighted by molar-refractivity contribution is 5.92. The Morgan fingerprint density at radius 3 is 2.52 bits per heavy atom. The number of nitrogens with one attached hydrogen (secondary N) is 1. The molecule has 0 aliphatic carbocycles. The predicted octanol–water partition coefficient (Wildman–Crippen LogP) is 0.585. The number of nitrogens with zero attached hydrogens (tertiary/aromatic N) is 4. The van der Waals surface area contributed by atoms with Crippen LogP contribution in [-0.2, 0) is 9.53 Å². The van der Waals surface area contributed by atoms with E-state index in [0.717, 1.165) is 65.0 Å². The average Bonchev–Trinajstić information content (AvgIpc) is 3.28. The molecule has 1 unspecified atom stereocenters. The molecule has 8 nitrogen and oxygen atoms in total. The monoisotopic (exact) mass is 375 g/mol. The predicted molar refractivity (Wildman–Crippen MR) is 99.2 cm³/mol. The van der Waals surface area contributed by atoms with Gasteiger partial charge in [0.2, 0.25) is 5.91 Å². The minimum absolute atomic E-state index is 0.0324. The fourth-order valence-corrected chi connectivity index (χ4v) is 4.56. The Bertz CT molecular complexity index is 636. The van der Waals surface area contributed by atoms with Gasteiger partial charge < -0.3 is 14.5 Å². The summed E-state index contributed by atoms with van der Waals surface area (Å²) in [5, 5.41) is 6.62. The van der Waals surface area contributed by atoms with Crippen LogP contribution in [0.25, 0.3) is 0 Å². The molecule has 1 atom stereocenters. The number of aromatic nitrogens is 2. The zero-order chi connectivity index (χ0) is 18.6. The second kappa shape index (κ2) is 8.39. The first-order valence-corrected chi connectivity index (χ1v) is 10.1. The van der Waals surface area contributed by atoms with E-state index in [9.17, 15) is 9.59 Å². The molecule has 27 heavy (non-hydrogen) atoms. The number of amides is 2. The summed E-state index contributed by atoms with van der Waals surface area (Å²) in [5.74, 6) is 0.446. The molecular formula is C19H29N5O3. The number of aromatic amines is 1. The zero-order valence-electron chi connectivity index (χ0n) is 15.8. The summed E-state index contributed by atoms with van der Waals surface area (Å²) in [4.78, 5) is 31.6. The summed E-state index contributed by atoms with van der Waals surface area (Å²) in [6, 6.07) is 2.19. The number of H-pyrrole nitrogens is 1. The van der Waals surface area contributed by atoms with Crippen molar-refractivity contribution in [2.45, 2.75) is 31.7 Å². The maximum absolute atomic E-state index is 12.8. The molecule has 1 N–H and O–H groups in total. The van der Waals surface area contributed by atoms with Crippen molar-refractivity contribution in [2.75, 3.05) is 52.5 Å². The van der Waals surface area contributed by atoms with Gasteiger partial charge in [0.1, 0.15) is 5.69 Å². The number of carbonyl (C=O) groups is 2. The largest absolute Gasteiger partial charge is 0.378 e. The molecule has 0 aromatic carbocycles. The van der Waals surface area contributed by atoms with Gasteiger partial charge in [0.05, 0.1) is 19.1 Å². The first kappa shape index (κ1) is 18.4. The van der Waals surface area contributed by atoms with Gasteiger partial charge in [-0.25, -0.2) is 0 Å². The summed E-state index contributed by atoms with van der Waals surface area (Å²) >= 11 is 0. The lowest BCUT2D eigenvalue weighted by Gasteiger charge is -2.43. The van der Waals surface area contributed by atoms with Crippen LogP contribution in [-0.4, -0.2) is 95.2 Å². The quantitative estimate of drug-likeness (QED) is 0.836. The van der Waals surface area contributed by atoms with Crippen LogP contribution < -0.4 is 0 Å². The van der Waals surface area contributed by atoms with Crippen LogP contribution in [0.15, 0.2) is 12.3 Å². The molecule has 3 aliphatic rings. The summed E-state index contributed by atoms with van der Waals surface area (Å²) in [5.41, 5.74) is 0.558. The van der Waals surface area contributed by atoms with Gasteiger partial charge in [0, 0.05) is 45.0 Å². The lowest BCUT2D eigenvalue weighted by atomic mass is 9.92. The van der Waals surface area contributed by atoms with Crippen molar-refractivity contribution >= 4 is 11.8 Å². The Kier molecular flexibility index (Phi) is 5.73.